The van der Waals surface area contributed by atoms with E-state index in [0.29, 0.717) is 11.3 Å². The zero-order valence-electron chi connectivity index (χ0n) is 16.0. The number of carbonyl (C=O) groups is 2. The van der Waals surface area contributed by atoms with Crippen LogP contribution in [0, 0.1) is 0 Å². The summed E-state index contributed by atoms with van der Waals surface area (Å²) >= 11 is 0. The molecule has 3 N–H and O–H groups in total. The molecule has 2 aromatic carbocycles. The number of rotatable bonds is 7. The van der Waals surface area contributed by atoms with E-state index < -0.39 is 11.8 Å². The summed E-state index contributed by atoms with van der Waals surface area (Å²) in [5.74, 6) is -0.311. The fraction of sp³-hybridized carbons (Fsp3) is 0.0909. The van der Waals surface area contributed by atoms with Gasteiger partial charge in [-0.15, -0.1) is 0 Å². The topological polar surface area (TPSA) is 112 Å². The summed E-state index contributed by atoms with van der Waals surface area (Å²) in [5, 5.41) is 5.84. The zero-order chi connectivity index (χ0) is 20.9. The van der Waals surface area contributed by atoms with Crippen LogP contribution in [0.3, 0.4) is 0 Å². The molecule has 0 radical (unpaired) electrons. The minimum absolute atomic E-state index is 0.0631. The predicted molar refractivity (Wildman–Crippen MR) is 114 cm³/mol. The van der Waals surface area contributed by atoms with Crippen molar-refractivity contribution >= 4 is 39.8 Å². The van der Waals surface area contributed by atoms with Gasteiger partial charge in [0.1, 0.15) is 17.8 Å². The van der Waals surface area contributed by atoms with Crippen molar-refractivity contribution in [1.82, 2.24) is 15.0 Å². The Morgan fingerprint density at radius 2 is 1.97 bits per heavy atom. The number of hydrogen-bond acceptors (Lipinski definition) is 5. The molecular formula is C22H19N5O3. The average Bonchev–Trinajstić information content (AvgIpc) is 3.09. The summed E-state index contributed by atoms with van der Waals surface area (Å²) in [5.41, 5.74) is 10.1. The number of hydrazone groups is 1. The van der Waals surface area contributed by atoms with Crippen molar-refractivity contribution in [2.24, 2.45) is 10.8 Å². The number of nitrogens with two attached hydrogens (primary N) is 1. The molecule has 2 aromatic heterocycles. The van der Waals surface area contributed by atoms with Crippen molar-refractivity contribution in [3.8, 4) is 5.75 Å². The van der Waals surface area contributed by atoms with Gasteiger partial charge in [0.15, 0.2) is 6.61 Å². The highest BCUT2D eigenvalue weighted by atomic mass is 16.5. The third-order valence-corrected chi connectivity index (χ3v) is 4.49. The van der Waals surface area contributed by atoms with Crippen LogP contribution in [0.2, 0.25) is 0 Å². The smallest absolute Gasteiger partial charge is 0.277 e. The molecule has 0 unspecified atom stereocenters. The molecule has 0 atom stereocenters. The van der Waals surface area contributed by atoms with E-state index in [2.05, 4.69) is 15.5 Å². The van der Waals surface area contributed by atoms with Gasteiger partial charge in [0.2, 0.25) is 5.91 Å². The highest BCUT2D eigenvalue weighted by Gasteiger charge is 2.09. The van der Waals surface area contributed by atoms with Gasteiger partial charge in [-0.3, -0.25) is 14.6 Å². The second kappa shape index (κ2) is 8.44. The molecule has 2 heterocycles. The highest BCUT2D eigenvalue weighted by molar-refractivity contribution is 6.00. The van der Waals surface area contributed by atoms with Crippen LogP contribution < -0.4 is 15.9 Å². The molecule has 0 fully saturated rings. The van der Waals surface area contributed by atoms with E-state index in [1.807, 2.05) is 48.5 Å². The second-order valence-electron chi connectivity index (χ2n) is 6.61. The SMILES string of the molecule is NC(=O)Cn1cc(C=NNC(=O)COc2cccc3cccnc23)c2ccccc21. The van der Waals surface area contributed by atoms with E-state index in [1.165, 1.54) is 6.21 Å². The molecule has 0 aliphatic rings. The fourth-order valence-corrected chi connectivity index (χ4v) is 3.22. The number of aromatic nitrogens is 2. The van der Waals surface area contributed by atoms with Crippen LogP contribution in [-0.2, 0) is 16.1 Å². The number of amides is 2. The quantitative estimate of drug-likeness (QED) is 0.365. The summed E-state index contributed by atoms with van der Waals surface area (Å²) in [6, 6.07) is 16.9. The predicted octanol–water partition coefficient (Wildman–Crippen LogP) is 2.20. The summed E-state index contributed by atoms with van der Waals surface area (Å²) in [4.78, 5) is 27.7. The molecule has 0 aliphatic carbocycles. The Kier molecular flexibility index (Phi) is 5.38. The molecule has 8 heteroatoms. The molecule has 0 saturated heterocycles. The molecule has 0 saturated carbocycles. The minimum atomic E-state index is -0.437. The Balaban J connectivity index is 1.42. The molecule has 150 valence electrons. The first kappa shape index (κ1) is 19.1. The van der Waals surface area contributed by atoms with Crippen LogP contribution in [0.5, 0.6) is 5.75 Å². The number of nitrogens with one attached hydrogen (secondary N) is 1. The Morgan fingerprint density at radius 3 is 2.83 bits per heavy atom. The summed E-state index contributed by atoms with van der Waals surface area (Å²) < 4.78 is 7.35. The van der Waals surface area contributed by atoms with E-state index in [1.54, 1.807) is 23.0 Å². The van der Waals surface area contributed by atoms with Crippen molar-refractivity contribution in [3.63, 3.8) is 0 Å². The lowest BCUT2D eigenvalue weighted by Crippen LogP contribution is -2.24. The molecule has 4 rings (SSSR count). The number of primary amides is 1. The van der Waals surface area contributed by atoms with Crippen LogP contribution in [0.15, 0.2) is 72.1 Å². The van der Waals surface area contributed by atoms with Gasteiger partial charge in [0, 0.05) is 34.2 Å². The monoisotopic (exact) mass is 401 g/mol. The lowest BCUT2D eigenvalue weighted by atomic mass is 10.2. The van der Waals surface area contributed by atoms with Crippen LogP contribution in [0.4, 0.5) is 0 Å². The first-order valence-corrected chi connectivity index (χ1v) is 9.26. The normalized spacial score (nSPS) is 11.2. The average molecular weight is 401 g/mol. The van der Waals surface area contributed by atoms with E-state index in [-0.39, 0.29) is 13.2 Å². The number of para-hydroxylation sites is 2. The van der Waals surface area contributed by atoms with Crippen molar-refractivity contribution in [3.05, 3.63) is 72.6 Å². The molecule has 0 spiro atoms. The van der Waals surface area contributed by atoms with Crippen molar-refractivity contribution in [2.75, 3.05) is 6.61 Å². The Morgan fingerprint density at radius 1 is 1.13 bits per heavy atom. The maximum absolute atomic E-state index is 12.1. The van der Waals surface area contributed by atoms with Crippen LogP contribution in [-0.4, -0.2) is 34.2 Å². The van der Waals surface area contributed by atoms with Gasteiger partial charge in [-0.05, 0) is 18.2 Å². The number of ether oxygens (including phenoxy) is 1. The highest BCUT2D eigenvalue weighted by Crippen LogP contribution is 2.23. The van der Waals surface area contributed by atoms with Gasteiger partial charge in [0.05, 0.1) is 6.21 Å². The summed E-state index contributed by atoms with van der Waals surface area (Å²) in [7, 11) is 0. The summed E-state index contributed by atoms with van der Waals surface area (Å²) in [6.07, 6.45) is 4.97. The van der Waals surface area contributed by atoms with Crippen LogP contribution in [0.1, 0.15) is 5.56 Å². The first-order valence-electron chi connectivity index (χ1n) is 9.26. The van der Waals surface area contributed by atoms with Gasteiger partial charge in [0.25, 0.3) is 5.91 Å². The van der Waals surface area contributed by atoms with Gasteiger partial charge >= 0.3 is 0 Å². The van der Waals surface area contributed by atoms with Crippen molar-refractivity contribution in [1.29, 1.82) is 0 Å². The number of nitrogens with zero attached hydrogens (tertiary/aromatic N) is 3. The van der Waals surface area contributed by atoms with Crippen LogP contribution >= 0.6 is 0 Å². The third kappa shape index (κ3) is 4.12. The number of benzene rings is 2. The molecule has 2 amide bonds. The number of pyridine rings is 1. The zero-order valence-corrected chi connectivity index (χ0v) is 16.0. The number of carbonyl (C=O) groups excluding carboxylic acids is 2. The van der Waals surface area contributed by atoms with Crippen molar-refractivity contribution in [2.45, 2.75) is 6.54 Å². The number of hydrogen-bond donors (Lipinski definition) is 2. The molecule has 4 aromatic rings. The molecule has 8 nitrogen and oxygen atoms in total. The Labute approximate surface area is 172 Å². The molecular weight excluding hydrogens is 382 g/mol. The van der Waals surface area contributed by atoms with Gasteiger partial charge in [-0.1, -0.05) is 36.4 Å². The summed E-state index contributed by atoms with van der Waals surface area (Å²) in [6.45, 7) is -0.135. The van der Waals surface area contributed by atoms with E-state index >= 15 is 0 Å². The lowest BCUT2D eigenvalue weighted by Gasteiger charge is -2.07. The maximum Gasteiger partial charge on any atom is 0.277 e. The largest absolute Gasteiger partial charge is 0.481 e. The number of fused-ring (bicyclic) bond motifs is 2. The standard InChI is InChI=1S/C22H19N5O3/c23-20(28)13-27-12-16(17-7-1-2-8-18(17)27)11-25-26-21(29)14-30-19-9-3-5-15-6-4-10-24-22(15)19/h1-12H,13-14H2,(H2,23,28)(H,26,29). The second-order valence-corrected chi connectivity index (χ2v) is 6.61. The van der Waals surface area contributed by atoms with Gasteiger partial charge in [-0.2, -0.15) is 5.10 Å². The van der Waals surface area contributed by atoms with Gasteiger partial charge in [-0.25, -0.2) is 5.43 Å². The van der Waals surface area contributed by atoms with Gasteiger partial charge < -0.3 is 15.0 Å². The van der Waals surface area contributed by atoms with E-state index in [9.17, 15) is 9.59 Å². The van der Waals surface area contributed by atoms with E-state index in [0.717, 1.165) is 21.9 Å². The molecule has 30 heavy (non-hydrogen) atoms. The van der Waals surface area contributed by atoms with E-state index in [4.69, 9.17) is 10.5 Å². The Bertz CT molecular complexity index is 1260. The Hall–Kier alpha value is -4.20. The lowest BCUT2D eigenvalue weighted by molar-refractivity contribution is -0.123. The first-order chi connectivity index (χ1) is 14.6. The fourth-order valence-electron chi connectivity index (χ4n) is 3.22. The minimum Gasteiger partial charge on any atom is -0.481 e. The van der Waals surface area contributed by atoms with Crippen LogP contribution in [0.25, 0.3) is 21.8 Å². The molecule has 0 aliphatic heterocycles. The molecule has 0 bridgehead atoms. The van der Waals surface area contributed by atoms with Crippen molar-refractivity contribution < 1.29 is 14.3 Å². The third-order valence-electron chi connectivity index (χ3n) is 4.49. The maximum atomic E-state index is 12.1.